The molecule has 0 saturated carbocycles. The van der Waals surface area contributed by atoms with E-state index >= 15 is 0 Å². The van der Waals surface area contributed by atoms with Crippen molar-refractivity contribution >= 4 is 11.9 Å². The number of likely N-dealkylation sites (tertiary alicyclic amines) is 1. The number of nitrogens with two attached hydrogens (primary N) is 1. The summed E-state index contributed by atoms with van der Waals surface area (Å²) in [4.78, 5) is 17.8. The van der Waals surface area contributed by atoms with Crippen LogP contribution < -0.4 is 11.1 Å². The molecule has 26 heavy (non-hydrogen) atoms. The number of ether oxygens (including phenoxy) is 1. The van der Waals surface area contributed by atoms with Crippen LogP contribution in [-0.4, -0.2) is 50.1 Å². The molecule has 0 radical (unpaired) electrons. The van der Waals surface area contributed by atoms with Crippen molar-refractivity contribution in [2.45, 2.75) is 38.7 Å². The van der Waals surface area contributed by atoms with Gasteiger partial charge in [-0.25, -0.2) is 0 Å². The number of rotatable bonds is 9. The monoisotopic (exact) mass is 360 g/mol. The molecule has 2 rings (SSSR count). The first-order valence-electron chi connectivity index (χ1n) is 9.54. The van der Waals surface area contributed by atoms with Gasteiger partial charge in [-0.1, -0.05) is 30.3 Å². The highest BCUT2D eigenvalue weighted by Crippen LogP contribution is 2.19. The average Bonchev–Trinajstić information content (AvgIpc) is 2.64. The van der Waals surface area contributed by atoms with Gasteiger partial charge in [0.25, 0.3) is 0 Å². The standard InChI is InChI=1S/C20H32N4O2/c1-22-20(24-12-7-10-18(15-24)14-19(21)25)23-11-5-6-13-26-16-17-8-3-2-4-9-17/h2-4,8-9,18H,5-7,10-16H2,1H3,(H2,21,25)(H,22,23). The van der Waals surface area contributed by atoms with E-state index in [9.17, 15) is 4.79 Å². The fourth-order valence-electron chi connectivity index (χ4n) is 3.33. The number of piperidine rings is 1. The molecule has 1 aromatic rings. The number of guanidine groups is 1. The van der Waals surface area contributed by atoms with Crippen molar-refractivity contribution in [3.05, 3.63) is 35.9 Å². The Kier molecular flexibility index (Phi) is 8.96. The van der Waals surface area contributed by atoms with E-state index in [0.29, 0.717) is 18.9 Å². The van der Waals surface area contributed by atoms with Gasteiger partial charge in [0.15, 0.2) is 5.96 Å². The van der Waals surface area contributed by atoms with E-state index in [0.717, 1.165) is 57.9 Å². The van der Waals surface area contributed by atoms with Gasteiger partial charge in [-0.2, -0.15) is 0 Å². The summed E-state index contributed by atoms with van der Waals surface area (Å²) in [5.74, 6) is 1.05. The van der Waals surface area contributed by atoms with Crippen LogP contribution in [0.2, 0.25) is 0 Å². The van der Waals surface area contributed by atoms with E-state index in [1.54, 1.807) is 0 Å². The van der Waals surface area contributed by atoms with E-state index in [1.807, 2.05) is 25.2 Å². The van der Waals surface area contributed by atoms with Crippen LogP contribution in [0.25, 0.3) is 0 Å². The molecule has 6 nitrogen and oxygen atoms in total. The number of amides is 1. The second-order valence-electron chi connectivity index (χ2n) is 6.84. The van der Waals surface area contributed by atoms with Crippen molar-refractivity contribution in [1.29, 1.82) is 0 Å². The highest BCUT2D eigenvalue weighted by molar-refractivity contribution is 5.80. The van der Waals surface area contributed by atoms with Gasteiger partial charge in [-0.3, -0.25) is 9.79 Å². The number of hydrogen-bond acceptors (Lipinski definition) is 3. The maximum atomic E-state index is 11.1. The smallest absolute Gasteiger partial charge is 0.217 e. The molecule has 144 valence electrons. The van der Waals surface area contributed by atoms with E-state index in [1.165, 1.54) is 5.56 Å². The first kappa shape index (κ1) is 20.2. The predicted octanol–water partition coefficient (Wildman–Crippen LogP) is 2.15. The molecule has 0 aromatic heterocycles. The Labute approximate surface area is 156 Å². The molecule has 1 fully saturated rings. The molecular formula is C20H32N4O2. The normalized spacial score (nSPS) is 18.0. The van der Waals surface area contributed by atoms with Crippen molar-refractivity contribution in [1.82, 2.24) is 10.2 Å². The lowest BCUT2D eigenvalue weighted by Crippen LogP contribution is -2.47. The molecule has 1 saturated heterocycles. The Morgan fingerprint density at radius 3 is 2.88 bits per heavy atom. The Balaban J connectivity index is 1.59. The van der Waals surface area contributed by atoms with Gasteiger partial charge in [0.2, 0.25) is 5.91 Å². The molecule has 3 N–H and O–H groups in total. The number of carbonyl (C=O) groups excluding carboxylic acids is 1. The average molecular weight is 361 g/mol. The third-order valence-electron chi connectivity index (χ3n) is 4.63. The van der Waals surface area contributed by atoms with Gasteiger partial charge >= 0.3 is 0 Å². The molecule has 0 spiro atoms. The first-order valence-corrected chi connectivity index (χ1v) is 9.54. The molecule has 1 amide bonds. The zero-order chi connectivity index (χ0) is 18.6. The molecule has 1 aromatic carbocycles. The summed E-state index contributed by atoms with van der Waals surface area (Å²) in [5.41, 5.74) is 6.55. The Bertz CT molecular complexity index is 562. The van der Waals surface area contributed by atoms with Gasteiger partial charge in [-0.05, 0) is 37.2 Å². The van der Waals surface area contributed by atoms with Crippen LogP contribution in [0.1, 0.15) is 37.7 Å². The number of nitrogens with one attached hydrogen (secondary N) is 1. The summed E-state index contributed by atoms with van der Waals surface area (Å²) < 4.78 is 5.71. The van der Waals surface area contributed by atoms with Crippen molar-refractivity contribution in [3.63, 3.8) is 0 Å². The summed E-state index contributed by atoms with van der Waals surface area (Å²) in [5, 5.41) is 3.43. The van der Waals surface area contributed by atoms with Gasteiger partial charge in [0.05, 0.1) is 6.61 Å². The highest BCUT2D eigenvalue weighted by Gasteiger charge is 2.23. The van der Waals surface area contributed by atoms with E-state index < -0.39 is 0 Å². The van der Waals surface area contributed by atoms with E-state index in [2.05, 4.69) is 27.3 Å². The topological polar surface area (TPSA) is 80.0 Å². The number of benzene rings is 1. The van der Waals surface area contributed by atoms with Crippen LogP contribution in [0.3, 0.4) is 0 Å². The third-order valence-corrected chi connectivity index (χ3v) is 4.63. The van der Waals surface area contributed by atoms with Crippen molar-refractivity contribution in [3.8, 4) is 0 Å². The maximum absolute atomic E-state index is 11.1. The number of nitrogens with zero attached hydrogens (tertiary/aromatic N) is 2. The number of primary amides is 1. The molecule has 0 aliphatic carbocycles. The summed E-state index contributed by atoms with van der Waals surface area (Å²) in [7, 11) is 1.81. The lowest BCUT2D eigenvalue weighted by molar-refractivity contribution is -0.119. The summed E-state index contributed by atoms with van der Waals surface area (Å²) >= 11 is 0. The number of aliphatic imine (C=N–C) groups is 1. The zero-order valence-corrected chi connectivity index (χ0v) is 15.8. The highest BCUT2D eigenvalue weighted by atomic mass is 16.5. The lowest BCUT2D eigenvalue weighted by atomic mass is 9.95. The molecule has 6 heteroatoms. The molecule has 0 bridgehead atoms. The van der Waals surface area contributed by atoms with Gasteiger partial charge < -0.3 is 20.7 Å². The summed E-state index contributed by atoms with van der Waals surface area (Å²) in [6, 6.07) is 10.2. The predicted molar refractivity (Wildman–Crippen MR) is 105 cm³/mol. The lowest BCUT2D eigenvalue weighted by Gasteiger charge is -2.34. The summed E-state index contributed by atoms with van der Waals surface area (Å²) in [6.45, 7) is 4.14. The molecular weight excluding hydrogens is 328 g/mol. The number of carbonyl (C=O) groups is 1. The molecule has 1 aliphatic heterocycles. The minimum Gasteiger partial charge on any atom is -0.377 e. The first-order chi connectivity index (χ1) is 12.7. The van der Waals surface area contributed by atoms with Crippen molar-refractivity contribution in [2.24, 2.45) is 16.6 Å². The summed E-state index contributed by atoms with van der Waals surface area (Å²) in [6.07, 6.45) is 4.65. The van der Waals surface area contributed by atoms with E-state index in [-0.39, 0.29) is 5.91 Å². The van der Waals surface area contributed by atoms with Crippen LogP contribution in [-0.2, 0) is 16.1 Å². The number of hydrogen-bond donors (Lipinski definition) is 2. The van der Waals surface area contributed by atoms with Crippen molar-refractivity contribution < 1.29 is 9.53 Å². The Hall–Kier alpha value is -2.08. The third kappa shape index (κ3) is 7.44. The Morgan fingerprint density at radius 1 is 1.35 bits per heavy atom. The fourth-order valence-corrected chi connectivity index (χ4v) is 3.33. The van der Waals surface area contributed by atoms with Crippen LogP contribution in [0.15, 0.2) is 35.3 Å². The molecule has 1 aliphatic rings. The maximum Gasteiger partial charge on any atom is 0.217 e. The van der Waals surface area contributed by atoms with Crippen molar-refractivity contribution in [2.75, 3.05) is 33.3 Å². The molecule has 1 atom stereocenters. The fraction of sp³-hybridized carbons (Fsp3) is 0.600. The second-order valence-corrected chi connectivity index (χ2v) is 6.84. The minimum atomic E-state index is -0.213. The molecule has 1 unspecified atom stereocenters. The van der Waals surface area contributed by atoms with Crippen LogP contribution in [0, 0.1) is 5.92 Å². The van der Waals surface area contributed by atoms with Crippen LogP contribution >= 0.6 is 0 Å². The number of unbranched alkanes of at least 4 members (excludes halogenated alkanes) is 1. The largest absolute Gasteiger partial charge is 0.377 e. The van der Waals surface area contributed by atoms with Crippen LogP contribution in [0.4, 0.5) is 0 Å². The Morgan fingerprint density at radius 2 is 2.15 bits per heavy atom. The molecule has 1 heterocycles. The van der Waals surface area contributed by atoms with Gasteiger partial charge in [-0.15, -0.1) is 0 Å². The van der Waals surface area contributed by atoms with E-state index in [4.69, 9.17) is 10.5 Å². The zero-order valence-electron chi connectivity index (χ0n) is 15.8. The van der Waals surface area contributed by atoms with Gasteiger partial charge in [0, 0.05) is 39.7 Å². The van der Waals surface area contributed by atoms with Crippen LogP contribution in [0.5, 0.6) is 0 Å². The quantitative estimate of drug-likeness (QED) is 0.402. The second kappa shape index (κ2) is 11.5. The minimum absolute atomic E-state index is 0.213. The SMILES string of the molecule is CN=C(NCCCCOCc1ccccc1)N1CCCC(CC(N)=O)C1. The van der Waals surface area contributed by atoms with Gasteiger partial charge in [0.1, 0.15) is 0 Å².